The molecule has 30 heavy (non-hydrogen) atoms. The minimum atomic E-state index is -1.06. The summed E-state index contributed by atoms with van der Waals surface area (Å²) in [6.07, 6.45) is 0.556. The lowest BCUT2D eigenvalue weighted by molar-refractivity contribution is 0.0695. The van der Waals surface area contributed by atoms with E-state index >= 15 is 0 Å². The number of aliphatic hydroxyl groups excluding tert-OH is 1. The summed E-state index contributed by atoms with van der Waals surface area (Å²) >= 11 is 11.8. The van der Waals surface area contributed by atoms with Crippen LogP contribution in [0.5, 0.6) is 0 Å². The van der Waals surface area contributed by atoms with Gasteiger partial charge in [-0.05, 0) is 56.4 Å². The zero-order valence-electron chi connectivity index (χ0n) is 17.1. The van der Waals surface area contributed by atoms with Gasteiger partial charge in [-0.15, -0.1) is 0 Å². The van der Waals surface area contributed by atoms with E-state index in [0.29, 0.717) is 29.2 Å². The molecule has 2 rings (SSSR count). The first-order valence-electron chi connectivity index (χ1n) is 9.33. The molecule has 8 nitrogen and oxygen atoms in total. The highest BCUT2D eigenvalue weighted by atomic mass is 35.5. The van der Waals surface area contributed by atoms with Crippen LogP contribution < -0.4 is 20.9 Å². The molecule has 0 saturated heterocycles. The summed E-state index contributed by atoms with van der Waals surface area (Å²) in [6, 6.07) is 6.72. The number of pyridine rings is 1. The molecule has 0 aliphatic rings. The molecular weight excluding hydrogens is 426 g/mol. The van der Waals surface area contributed by atoms with Crippen molar-refractivity contribution in [1.82, 2.24) is 10.3 Å². The molecule has 10 heteroatoms. The Morgan fingerprint density at radius 1 is 1.23 bits per heavy atom. The fourth-order valence-electron chi connectivity index (χ4n) is 2.75. The first-order chi connectivity index (χ1) is 14.2. The minimum absolute atomic E-state index is 0.0491. The number of benzene rings is 1. The highest BCUT2D eigenvalue weighted by Crippen LogP contribution is 2.30. The van der Waals surface area contributed by atoms with Gasteiger partial charge in [0.05, 0.1) is 27.7 Å². The van der Waals surface area contributed by atoms with Gasteiger partial charge >= 0.3 is 5.97 Å². The smallest absolute Gasteiger partial charge is 0.336 e. The summed E-state index contributed by atoms with van der Waals surface area (Å²) in [5.74, 6) is -0.239. The third kappa shape index (κ3) is 6.27. The van der Waals surface area contributed by atoms with Crippen molar-refractivity contribution in [2.24, 2.45) is 0 Å². The number of carboxylic acids is 1. The van der Waals surface area contributed by atoms with E-state index in [2.05, 4.69) is 20.9 Å². The number of carboxylic acid groups (broad SMARTS) is 1. The van der Waals surface area contributed by atoms with Gasteiger partial charge in [0.25, 0.3) is 0 Å². The van der Waals surface area contributed by atoms with E-state index in [1.165, 1.54) is 12.1 Å². The Hall–Kier alpha value is -2.46. The molecule has 0 radical (unpaired) electrons. The van der Waals surface area contributed by atoms with Crippen molar-refractivity contribution in [2.75, 3.05) is 42.8 Å². The Morgan fingerprint density at radius 2 is 1.97 bits per heavy atom. The molecule has 1 aromatic carbocycles. The van der Waals surface area contributed by atoms with Crippen LogP contribution in [-0.2, 0) is 6.54 Å². The molecule has 0 fully saturated rings. The van der Waals surface area contributed by atoms with Crippen LogP contribution in [0, 0.1) is 6.92 Å². The van der Waals surface area contributed by atoms with Crippen molar-refractivity contribution >= 4 is 52.1 Å². The normalized spacial score (nSPS) is 10.6. The molecule has 1 heterocycles. The molecule has 1 aromatic heterocycles. The standard InChI is InChI=1S/C20H26ClN5O3S/c1-12-16(7-8-17(23-12)26(2)3)24-20(30)25-18-14(11-22-9-4-10-27)13(19(28)29)5-6-15(18)21/h5-8,22,27H,4,9-11H2,1-3H3,(H,28,29)(H2,24,25,30). The van der Waals surface area contributed by atoms with Crippen LogP contribution in [0.4, 0.5) is 17.2 Å². The first kappa shape index (κ1) is 23.8. The number of carbonyl (C=O) groups is 1. The summed E-state index contributed by atoms with van der Waals surface area (Å²) in [7, 11) is 3.82. The number of nitrogens with zero attached hydrogens (tertiary/aromatic N) is 2. The lowest BCUT2D eigenvalue weighted by atomic mass is 10.0. The van der Waals surface area contributed by atoms with Crippen LogP contribution >= 0.6 is 23.8 Å². The highest BCUT2D eigenvalue weighted by molar-refractivity contribution is 7.80. The topological polar surface area (TPSA) is 110 Å². The van der Waals surface area contributed by atoms with E-state index in [9.17, 15) is 9.90 Å². The fourth-order valence-corrected chi connectivity index (χ4v) is 3.19. The number of nitrogens with one attached hydrogen (secondary N) is 3. The zero-order chi connectivity index (χ0) is 22.3. The Morgan fingerprint density at radius 3 is 2.57 bits per heavy atom. The monoisotopic (exact) mass is 451 g/mol. The molecule has 5 N–H and O–H groups in total. The predicted molar refractivity (Wildman–Crippen MR) is 125 cm³/mol. The largest absolute Gasteiger partial charge is 0.478 e. The number of thiocarbonyl (C=S) groups is 1. The van der Waals surface area contributed by atoms with Crippen LogP contribution in [0.15, 0.2) is 24.3 Å². The molecule has 0 bridgehead atoms. The quantitative estimate of drug-likeness (QED) is 0.290. The maximum atomic E-state index is 11.7. The number of anilines is 3. The summed E-state index contributed by atoms with van der Waals surface area (Å²) in [4.78, 5) is 18.1. The molecule has 0 saturated carbocycles. The Bertz CT molecular complexity index is 924. The maximum absolute atomic E-state index is 11.7. The molecule has 0 atom stereocenters. The second-order valence-corrected chi connectivity index (χ2v) is 7.60. The number of aromatic nitrogens is 1. The van der Waals surface area contributed by atoms with E-state index in [4.69, 9.17) is 28.9 Å². The average molecular weight is 452 g/mol. The summed E-state index contributed by atoms with van der Waals surface area (Å²) in [6.45, 7) is 2.71. The van der Waals surface area contributed by atoms with Gasteiger partial charge in [0.2, 0.25) is 0 Å². The number of aliphatic hydroxyl groups is 1. The summed E-state index contributed by atoms with van der Waals surface area (Å²) < 4.78 is 0. The van der Waals surface area contributed by atoms with Crippen LogP contribution in [0.2, 0.25) is 5.02 Å². The molecular formula is C20H26ClN5O3S. The van der Waals surface area contributed by atoms with Crippen molar-refractivity contribution in [1.29, 1.82) is 0 Å². The van der Waals surface area contributed by atoms with Gasteiger partial charge in [-0.3, -0.25) is 0 Å². The second kappa shape index (κ2) is 11.1. The van der Waals surface area contributed by atoms with Crippen molar-refractivity contribution < 1.29 is 15.0 Å². The Kier molecular flexibility index (Phi) is 8.79. The Labute approximate surface area is 186 Å². The van der Waals surface area contributed by atoms with Gasteiger partial charge in [-0.25, -0.2) is 9.78 Å². The van der Waals surface area contributed by atoms with E-state index in [0.717, 1.165) is 17.2 Å². The van der Waals surface area contributed by atoms with Gasteiger partial charge in [0, 0.05) is 32.8 Å². The van der Waals surface area contributed by atoms with Crippen molar-refractivity contribution in [3.63, 3.8) is 0 Å². The SMILES string of the molecule is Cc1nc(N(C)C)ccc1NC(=S)Nc1c(Cl)ccc(C(=O)O)c1CNCCCO. The minimum Gasteiger partial charge on any atom is -0.478 e. The average Bonchev–Trinajstić information content (AvgIpc) is 2.68. The number of hydrogen-bond donors (Lipinski definition) is 5. The molecule has 0 aliphatic heterocycles. The van der Waals surface area contributed by atoms with Gasteiger partial charge in [0.15, 0.2) is 5.11 Å². The molecule has 0 unspecified atom stereocenters. The number of aromatic carboxylic acids is 1. The van der Waals surface area contributed by atoms with Crippen molar-refractivity contribution in [2.45, 2.75) is 19.9 Å². The first-order valence-corrected chi connectivity index (χ1v) is 10.1. The fraction of sp³-hybridized carbons (Fsp3) is 0.350. The van der Waals surface area contributed by atoms with Gasteiger partial charge < -0.3 is 31.1 Å². The summed E-state index contributed by atoms with van der Waals surface area (Å²) in [5, 5.41) is 28.3. The van der Waals surface area contributed by atoms with Crippen LogP contribution in [0.3, 0.4) is 0 Å². The van der Waals surface area contributed by atoms with Gasteiger partial charge in [0.1, 0.15) is 5.82 Å². The third-order valence-electron chi connectivity index (χ3n) is 4.32. The number of hydrogen-bond acceptors (Lipinski definition) is 6. The predicted octanol–water partition coefficient (Wildman–Crippen LogP) is 3.09. The number of rotatable bonds is 9. The van der Waals surface area contributed by atoms with Gasteiger partial charge in [-0.2, -0.15) is 0 Å². The van der Waals surface area contributed by atoms with Gasteiger partial charge in [-0.1, -0.05) is 11.6 Å². The summed E-state index contributed by atoms with van der Waals surface area (Å²) in [5.41, 5.74) is 2.51. The second-order valence-electron chi connectivity index (χ2n) is 6.78. The van der Waals surface area contributed by atoms with E-state index in [1.807, 2.05) is 38.1 Å². The number of halogens is 1. The lowest BCUT2D eigenvalue weighted by Crippen LogP contribution is -2.24. The zero-order valence-corrected chi connectivity index (χ0v) is 18.7. The molecule has 0 spiro atoms. The number of aryl methyl sites for hydroxylation is 1. The molecule has 162 valence electrons. The Balaban J connectivity index is 2.24. The third-order valence-corrected chi connectivity index (χ3v) is 4.84. The van der Waals surface area contributed by atoms with E-state index in [-0.39, 0.29) is 23.8 Å². The molecule has 0 amide bonds. The van der Waals surface area contributed by atoms with E-state index < -0.39 is 5.97 Å². The van der Waals surface area contributed by atoms with Crippen LogP contribution in [-0.4, -0.2) is 53.5 Å². The maximum Gasteiger partial charge on any atom is 0.336 e. The van der Waals surface area contributed by atoms with Crippen molar-refractivity contribution in [3.05, 3.63) is 46.1 Å². The van der Waals surface area contributed by atoms with Crippen molar-refractivity contribution in [3.8, 4) is 0 Å². The lowest BCUT2D eigenvalue weighted by Gasteiger charge is -2.19. The van der Waals surface area contributed by atoms with Crippen LogP contribution in [0.25, 0.3) is 0 Å². The molecule has 0 aliphatic carbocycles. The van der Waals surface area contributed by atoms with Crippen LogP contribution in [0.1, 0.15) is 28.0 Å². The van der Waals surface area contributed by atoms with E-state index in [1.54, 1.807) is 0 Å². The highest BCUT2D eigenvalue weighted by Gasteiger charge is 2.18. The molecule has 2 aromatic rings.